The Morgan fingerprint density at radius 2 is 1.79 bits per heavy atom. The van der Waals surface area contributed by atoms with Gasteiger partial charge in [0.25, 0.3) is 0 Å². The normalized spacial score (nSPS) is 32.2. The first-order chi connectivity index (χ1) is 11.1. The summed E-state index contributed by atoms with van der Waals surface area (Å²) in [5, 5.41) is 44.8. The molecule has 142 valence electrons. The molecule has 12 nitrogen and oxygen atoms in total. The third-order valence-corrected chi connectivity index (χ3v) is 3.25. The first-order valence-electron chi connectivity index (χ1n) is 7.02. The number of hydrogen-bond acceptors (Lipinski definition) is 10. The van der Waals surface area contributed by atoms with Crippen LogP contribution in [0, 0.1) is 0 Å². The predicted octanol–water partition coefficient (Wildman–Crippen LogP) is -3.83. The van der Waals surface area contributed by atoms with E-state index < -0.39 is 61.3 Å². The van der Waals surface area contributed by atoms with Gasteiger partial charge in [-0.25, -0.2) is 10.2 Å². The molecule has 1 saturated heterocycles. The van der Waals surface area contributed by atoms with Gasteiger partial charge in [0, 0.05) is 0 Å². The molecule has 3 unspecified atom stereocenters. The average Bonchev–Trinajstić information content (AvgIpc) is 2.54. The molecule has 24 heavy (non-hydrogen) atoms. The second-order valence-corrected chi connectivity index (χ2v) is 5.12. The summed E-state index contributed by atoms with van der Waals surface area (Å²) in [6.07, 6.45) is -6.11. The summed E-state index contributed by atoms with van der Waals surface area (Å²) in [5.41, 5.74) is 7.61. The maximum absolute atomic E-state index is 10.6. The van der Waals surface area contributed by atoms with Gasteiger partial charge >= 0.3 is 11.9 Å². The molecule has 10 N–H and O–H groups in total. The van der Waals surface area contributed by atoms with E-state index >= 15 is 0 Å². The molecule has 0 radical (unpaired) electrons. The van der Waals surface area contributed by atoms with Crippen molar-refractivity contribution in [3.05, 3.63) is 0 Å². The van der Waals surface area contributed by atoms with Crippen molar-refractivity contribution in [2.24, 2.45) is 11.6 Å². The first-order valence-corrected chi connectivity index (χ1v) is 7.02. The van der Waals surface area contributed by atoms with Crippen molar-refractivity contribution in [1.29, 1.82) is 0 Å². The van der Waals surface area contributed by atoms with Gasteiger partial charge in [-0.3, -0.25) is 10.6 Å². The number of hydrazine groups is 1. The smallest absolute Gasteiger partial charge is 0.332 e. The molecule has 0 spiro atoms. The molecule has 1 aliphatic rings. The molecule has 12 heteroatoms. The van der Waals surface area contributed by atoms with Crippen LogP contribution in [0.15, 0.2) is 0 Å². The fraction of sp³-hybridized carbons (Fsp3) is 0.833. The van der Waals surface area contributed by atoms with E-state index in [4.69, 9.17) is 36.4 Å². The van der Waals surface area contributed by atoms with Crippen molar-refractivity contribution in [3.63, 3.8) is 0 Å². The van der Waals surface area contributed by atoms with Crippen molar-refractivity contribution < 1.29 is 44.6 Å². The van der Waals surface area contributed by atoms with Gasteiger partial charge in [-0.15, -0.1) is 0 Å². The van der Waals surface area contributed by atoms with E-state index in [0.717, 1.165) is 0 Å². The van der Waals surface area contributed by atoms with Gasteiger partial charge in [-0.05, 0) is 13.8 Å². The number of hydrogen-bond donors (Lipinski definition) is 8. The number of carbonyl (C=O) groups is 2. The van der Waals surface area contributed by atoms with E-state index in [1.54, 1.807) is 0 Å². The standard InChI is InChI=1S/C9H17NO7.C3H8N2O2/c1-3(8(13)14)16-7-5(10)9(15)17-4(2-11)6(7)12;1-2(5-4)3(6)7/h3-7,9,11-12,15H,2,10H2,1H3,(H,13,14);2,5H,4H2,1H3,(H,6,7)/t3?,4-,5-,6-,7-,9?;/m1./s1. The minimum absolute atomic E-state index is 0.535. The number of rotatable bonds is 6. The quantitative estimate of drug-likeness (QED) is 0.170. The highest BCUT2D eigenvalue weighted by Crippen LogP contribution is 2.22. The van der Waals surface area contributed by atoms with Crippen LogP contribution < -0.4 is 17.0 Å². The van der Waals surface area contributed by atoms with Crippen LogP contribution in [-0.2, 0) is 19.1 Å². The Balaban J connectivity index is 0.000000640. The summed E-state index contributed by atoms with van der Waals surface area (Å²) in [6.45, 7) is 2.20. The van der Waals surface area contributed by atoms with Gasteiger partial charge in [0.2, 0.25) is 0 Å². The molecule has 1 aliphatic heterocycles. The van der Waals surface area contributed by atoms with Gasteiger partial charge in [0.05, 0.1) is 12.6 Å². The summed E-state index contributed by atoms with van der Waals surface area (Å²) in [4.78, 5) is 20.4. The van der Waals surface area contributed by atoms with Crippen molar-refractivity contribution in [2.75, 3.05) is 6.61 Å². The van der Waals surface area contributed by atoms with Gasteiger partial charge in [-0.2, -0.15) is 0 Å². The molecule has 0 bridgehead atoms. The van der Waals surface area contributed by atoms with Crippen molar-refractivity contribution in [1.82, 2.24) is 5.43 Å². The largest absolute Gasteiger partial charge is 0.480 e. The highest BCUT2D eigenvalue weighted by molar-refractivity contribution is 5.72. The lowest BCUT2D eigenvalue weighted by Gasteiger charge is -2.41. The van der Waals surface area contributed by atoms with E-state index in [-0.39, 0.29) is 0 Å². The van der Waals surface area contributed by atoms with Crippen LogP contribution in [0.2, 0.25) is 0 Å². The van der Waals surface area contributed by atoms with Gasteiger partial charge in [0.15, 0.2) is 12.4 Å². The average molecular weight is 355 g/mol. The summed E-state index contributed by atoms with van der Waals surface area (Å²) < 4.78 is 9.89. The second-order valence-electron chi connectivity index (χ2n) is 5.12. The Morgan fingerprint density at radius 3 is 2.12 bits per heavy atom. The number of carboxylic acid groups (broad SMARTS) is 2. The Morgan fingerprint density at radius 1 is 1.25 bits per heavy atom. The molecule has 0 aromatic heterocycles. The third kappa shape index (κ3) is 6.62. The number of ether oxygens (including phenoxy) is 2. The van der Waals surface area contributed by atoms with Crippen LogP contribution in [0.3, 0.4) is 0 Å². The number of aliphatic hydroxyl groups excluding tert-OH is 3. The molecule has 0 aliphatic carbocycles. The fourth-order valence-electron chi connectivity index (χ4n) is 1.64. The van der Waals surface area contributed by atoms with Gasteiger partial charge in [0.1, 0.15) is 24.4 Å². The number of aliphatic hydroxyl groups is 3. The van der Waals surface area contributed by atoms with E-state index in [1.807, 2.05) is 0 Å². The lowest BCUT2D eigenvalue weighted by Crippen LogP contribution is -2.63. The molecule has 1 rings (SSSR count). The molecule has 0 saturated carbocycles. The van der Waals surface area contributed by atoms with E-state index in [1.165, 1.54) is 13.8 Å². The molecular weight excluding hydrogens is 330 g/mol. The number of aliphatic carboxylic acids is 2. The SMILES string of the molecule is CC(NN)C(=O)O.CC(O[C@H]1[C@H](O)[C@@H](CO)OC(O)[C@@H]1N)C(=O)O. The Labute approximate surface area is 137 Å². The first kappa shape index (κ1) is 22.6. The van der Waals surface area contributed by atoms with Crippen LogP contribution in [0.5, 0.6) is 0 Å². The molecule has 0 amide bonds. The maximum Gasteiger partial charge on any atom is 0.332 e. The Kier molecular flexibility index (Phi) is 9.88. The predicted molar refractivity (Wildman–Crippen MR) is 78.3 cm³/mol. The summed E-state index contributed by atoms with van der Waals surface area (Å²) in [6, 6.07) is -1.74. The van der Waals surface area contributed by atoms with Crippen LogP contribution in [0.4, 0.5) is 0 Å². The lowest BCUT2D eigenvalue weighted by molar-refractivity contribution is -0.262. The van der Waals surface area contributed by atoms with Gasteiger partial charge in [-0.1, -0.05) is 0 Å². The highest BCUT2D eigenvalue weighted by atomic mass is 16.6. The van der Waals surface area contributed by atoms with Crippen LogP contribution >= 0.6 is 0 Å². The lowest BCUT2D eigenvalue weighted by atomic mass is 9.97. The van der Waals surface area contributed by atoms with Crippen LogP contribution in [0.25, 0.3) is 0 Å². The minimum atomic E-state index is -1.43. The number of carboxylic acids is 2. The topological polar surface area (TPSA) is 218 Å². The fourth-order valence-corrected chi connectivity index (χ4v) is 1.64. The zero-order chi connectivity index (χ0) is 19.0. The molecule has 1 fully saturated rings. The third-order valence-electron chi connectivity index (χ3n) is 3.25. The Bertz CT molecular complexity index is 411. The van der Waals surface area contributed by atoms with E-state index in [0.29, 0.717) is 0 Å². The van der Waals surface area contributed by atoms with Crippen LogP contribution in [-0.4, -0.2) is 86.9 Å². The monoisotopic (exact) mass is 355 g/mol. The summed E-state index contributed by atoms with van der Waals surface area (Å²) in [7, 11) is 0. The molecular formula is C12H25N3O9. The zero-order valence-corrected chi connectivity index (χ0v) is 13.3. The van der Waals surface area contributed by atoms with Crippen molar-refractivity contribution in [3.8, 4) is 0 Å². The molecule has 7 atom stereocenters. The highest BCUT2D eigenvalue weighted by Gasteiger charge is 2.44. The van der Waals surface area contributed by atoms with Crippen molar-refractivity contribution >= 4 is 11.9 Å². The zero-order valence-electron chi connectivity index (χ0n) is 13.3. The molecule has 0 aromatic rings. The van der Waals surface area contributed by atoms with Crippen LogP contribution in [0.1, 0.15) is 13.8 Å². The number of nitrogens with one attached hydrogen (secondary N) is 1. The van der Waals surface area contributed by atoms with Gasteiger partial charge < -0.3 is 40.7 Å². The molecule has 1 heterocycles. The maximum atomic E-state index is 10.6. The summed E-state index contributed by atoms with van der Waals surface area (Å²) in [5.74, 6) is 2.58. The Hall–Kier alpha value is -1.38. The van der Waals surface area contributed by atoms with E-state index in [2.05, 4.69) is 5.43 Å². The number of nitrogens with two attached hydrogens (primary N) is 2. The second kappa shape index (κ2) is 10.5. The molecule has 0 aromatic carbocycles. The minimum Gasteiger partial charge on any atom is -0.480 e. The summed E-state index contributed by atoms with van der Waals surface area (Å²) >= 11 is 0. The van der Waals surface area contributed by atoms with Crippen molar-refractivity contribution in [2.45, 2.75) is 56.6 Å². The van der Waals surface area contributed by atoms with E-state index in [9.17, 15) is 19.8 Å².